The number of amides is 1. The largest absolute Gasteiger partial charge is 0.339 e. The summed E-state index contributed by atoms with van der Waals surface area (Å²) in [5, 5.41) is 11.0. The highest BCUT2D eigenvalue weighted by molar-refractivity contribution is 5.89. The summed E-state index contributed by atoms with van der Waals surface area (Å²) >= 11 is 0. The predicted octanol–water partition coefficient (Wildman–Crippen LogP) is 2.87. The Balaban J connectivity index is 1.57. The molecule has 1 atom stereocenters. The first-order valence-electron chi connectivity index (χ1n) is 8.23. The molecular weight excluding hydrogens is 320 g/mol. The van der Waals surface area contributed by atoms with E-state index in [0.717, 1.165) is 12.0 Å². The van der Waals surface area contributed by atoms with Gasteiger partial charge in [0.15, 0.2) is 0 Å². The van der Waals surface area contributed by atoms with Gasteiger partial charge in [-0.2, -0.15) is 10.1 Å². The van der Waals surface area contributed by atoms with Gasteiger partial charge in [0.1, 0.15) is 5.82 Å². The van der Waals surface area contributed by atoms with E-state index >= 15 is 0 Å². The van der Waals surface area contributed by atoms with Crippen molar-refractivity contribution in [3.63, 3.8) is 0 Å². The molecule has 0 saturated heterocycles. The molecule has 0 aliphatic heterocycles. The number of nitrogens with zero attached hydrogens (tertiary/aromatic N) is 5. The van der Waals surface area contributed by atoms with Crippen LogP contribution in [0, 0.1) is 0 Å². The Morgan fingerprint density at radius 2 is 2.24 bits per heavy atom. The highest BCUT2D eigenvalue weighted by Crippen LogP contribution is 2.17. The summed E-state index contributed by atoms with van der Waals surface area (Å²) < 4.78 is 7.01. The van der Waals surface area contributed by atoms with Crippen LogP contribution in [0.4, 0.5) is 5.82 Å². The molecule has 3 aromatic rings. The first kappa shape index (κ1) is 16.8. The zero-order valence-corrected chi connectivity index (χ0v) is 14.2. The zero-order chi connectivity index (χ0) is 17.6. The summed E-state index contributed by atoms with van der Waals surface area (Å²) in [5.41, 5.74) is 0.777. The van der Waals surface area contributed by atoms with E-state index in [1.54, 1.807) is 30.7 Å². The van der Waals surface area contributed by atoms with E-state index in [4.69, 9.17) is 4.52 Å². The van der Waals surface area contributed by atoms with E-state index < -0.39 is 0 Å². The smallest absolute Gasteiger partial charge is 0.227 e. The second-order valence-electron chi connectivity index (χ2n) is 5.72. The highest BCUT2D eigenvalue weighted by atomic mass is 16.5. The zero-order valence-electron chi connectivity index (χ0n) is 14.2. The number of pyridine rings is 1. The fraction of sp³-hybridized carbons (Fsp3) is 0.353. The average molecular weight is 340 g/mol. The molecule has 8 heteroatoms. The van der Waals surface area contributed by atoms with Gasteiger partial charge in [-0.3, -0.25) is 9.78 Å². The summed E-state index contributed by atoms with van der Waals surface area (Å²) in [5.74, 6) is 1.47. The molecule has 0 unspecified atom stereocenters. The fourth-order valence-electron chi connectivity index (χ4n) is 2.33. The van der Waals surface area contributed by atoms with Crippen LogP contribution in [0.25, 0.3) is 11.4 Å². The third kappa shape index (κ3) is 4.09. The molecule has 0 bridgehead atoms. The van der Waals surface area contributed by atoms with Crippen LogP contribution in [0.5, 0.6) is 0 Å². The van der Waals surface area contributed by atoms with Crippen molar-refractivity contribution in [2.75, 3.05) is 5.32 Å². The summed E-state index contributed by atoms with van der Waals surface area (Å²) in [6.45, 7) is 4.13. The Morgan fingerprint density at radius 3 is 3.00 bits per heavy atom. The molecule has 3 rings (SSSR count). The highest BCUT2D eigenvalue weighted by Gasteiger charge is 2.13. The number of hydrogen-bond donors (Lipinski definition) is 1. The van der Waals surface area contributed by atoms with Crippen LogP contribution in [0.3, 0.4) is 0 Å². The van der Waals surface area contributed by atoms with Gasteiger partial charge in [0.2, 0.25) is 17.6 Å². The van der Waals surface area contributed by atoms with Crippen molar-refractivity contribution in [3.8, 4) is 11.4 Å². The Morgan fingerprint density at radius 1 is 1.36 bits per heavy atom. The minimum absolute atomic E-state index is 0.119. The molecule has 3 heterocycles. The molecule has 0 aliphatic carbocycles. The van der Waals surface area contributed by atoms with Gasteiger partial charge in [0.05, 0.1) is 12.2 Å². The number of aryl methyl sites for hydroxylation is 1. The number of anilines is 1. The second-order valence-corrected chi connectivity index (χ2v) is 5.72. The Hall–Kier alpha value is -3.03. The Kier molecular flexibility index (Phi) is 5.17. The number of nitrogens with one attached hydrogen (secondary N) is 1. The molecule has 8 nitrogen and oxygen atoms in total. The van der Waals surface area contributed by atoms with Gasteiger partial charge in [0, 0.05) is 36.9 Å². The lowest BCUT2D eigenvalue weighted by Gasteiger charge is -2.13. The minimum atomic E-state index is -0.119. The van der Waals surface area contributed by atoms with Gasteiger partial charge in [-0.05, 0) is 25.5 Å². The van der Waals surface area contributed by atoms with Crippen molar-refractivity contribution in [2.45, 2.75) is 39.2 Å². The normalized spacial score (nSPS) is 12.1. The predicted molar refractivity (Wildman–Crippen MR) is 91.7 cm³/mol. The van der Waals surface area contributed by atoms with E-state index in [9.17, 15) is 4.79 Å². The molecule has 0 fully saturated rings. The van der Waals surface area contributed by atoms with Gasteiger partial charge in [-0.25, -0.2) is 4.68 Å². The molecule has 3 aromatic heterocycles. The number of carbonyl (C=O) groups is 1. The van der Waals surface area contributed by atoms with Crippen molar-refractivity contribution < 1.29 is 9.32 Å². The minimum Gasteiger partial charge on any atom is -0.339 e. The summed E-state index contributed by atoms with van der Waals surface area (Å²) in [7, 11) is 0. The van der Waals surface area contributed by atoms with Gasteiger partial charge in [-0.1, -0.05) is 12.1 Å². The molecule has 0 aromatic carbocycles. The number of hydrogen-bond acceptors (Lipinski definition) is 6. The van der Waals surface area contributed by atoms with Crippen LogP contribution in [-0.4, -0.2) is 30.8 Å². The van der Waals surface area contributed by atoms with Crippen LogP contribution in [-0.2, 0) is 11.2 Å². The summed E-state index contributed by atoms with van der Waals surface area (Å²) in [6.07, 6.45) is 6.58. The average Bonchev–Trinajstić information content (AvgIpc) is 3.29. The van der Waals surface area contributed by atoms with E-state index in [1.807, 2.05) is 10.7 Å². The van der Waals surface area contributed by atoms with Crippen molar-refractivity contribution in [3.05, 3.63) is 42.7 Å². The first-order chi connectivity index (χ1) is 12.2. The molecule has 0 spiro atoms. The van der Waals surface area contributed by atoms with E-state index in [1.165, 1.54) is 0 Å². The number of rotatable bonds is 7. The topological polar surface area (TPSA) is 98.7 Å². The van der Waals surface area contributed by atoms with E-state index in [0.29, 0.717) is 24.0 Å². The van der Waals surface area contributed by atoms with Crippen molar-refractivity contribution in [2.24, 2.45) is 0 Å². The quantitative estimate of drug-likeness (QED) is 0.710. The second kappa shape index (κ2) is 7.69. The third-order valence-electron chi connectivity index (χ3n) is 3.90. The van der Waals surface area contributed by atoms with Crippen LogP contribution in [0.2, 0.25) is 0 Å². The Labute approximate surface area is 145 Å². The molecule has 0 saturated carbocycles. The molecule has 1 amide bonds. The maximum Gasteiger partial charge on any atom is 0.227 e. The molecule has 1 N–H and O–H groups in total. The van der Waals surface area contributed by atoms with Gasteiger partial charge in [-0.15, -0.1) is 0 Å². The Bertz CT molecular complexity index is 827. The SMILES string of the molecule is CC[C@@H](C)n1nccc1NC(=O)CCc1nc(-c2cccnc2)no1. The van der Waals surface area contributed by atoms with Gasteiger partial charge >= 0.3 is 0 Å². The van der Waals surface area contributed by atoms with E-state index in [2.05, 4.69) is 39.4 Å². The lowest BCUT2D eigenvalue weighted by atomic mass is 10.2. The van der Waals surface area contributed by atoms with Crippen LogP contribution in [0.1, 0.15) is 38.6 Å². The molecule has 25 heavy (non-hydrogen) atoms. The maximum absolute atomic E-state index is 12.2. The standard InChI is InChI=1S/C17H20N6O2/c1-3-12(2)23-14(8-10-19-23)20-15(24)6-7-16-21-17(22-25-16)13-5-4-9-18-11-13/h4-5,8-12H,3,6-7H2,1-2H3,(H,20,24)/t12-/m1/s1. The van der Waals surface area contributed by atoms with Crippen molar-refractivity contribution in [1.82, 2.24) is 24.9 Å². The van der Waals surface area contributed by atoms with Gasteiger partial charge in [0.25, 0.3) is 0 Å². The van der Waals surface area contributed by atoms with Crippen molar-refractivity contribution in [1.29, 1.82) is 0 Å². The molecule has 0 aliphatic rings. The van der Waals surface area contributed by atoms with Crippen molar-refractivity contribution >= 4 is 11.7 Å². The van der Waals surface area contributed by atoms with Crippen LogP contribution < -0.4 is 5.32 Å². The fourth-order valence-corrected chi connectivity index (χ4v) is 2.33. The van der Waals surface area contributed by atoms with Crippen LogP contribution >= 0.6 is 0 Å². The molecular formula is C17H20N6O2. The number of carbonyl (C=O) groups excluding carboxylic acids is 1. The lowest BCUT2D eigenvalue weighted by molar-refractivity contribution is -0.116. The lowest BCUT2D eigenvalue weighted by Crippen LogP contribution is -2.17. The monoisotopic (exact) mass is 340 g/mol. The molecule has 130 valence electrons. The first-order valence-corrected chi connectivity index (χ1v) is 8.23. The van der Waals surface area contributed by atoms with E-state index in [-0.39, 0.29) is 18.4 Å². The molecule has 0 radical (unpaired) electrons. The summed E-state index contributed by atoms with van der Waals surface area (Å²) in [4.78, 5) is 20.5. The maximum atomic E-state index is 12.2. The van der Waals surface area contributed by atoms with Crippen LogP contribution in [0.15, 0.2) is 41.3 Å². The summed E-state index contributed by atoms with van der Waals surface area (Å²) in [6, 6.07) is 5.67. The third-order valence-corrected chi connectivity index (χ3v) is 3.90. The number of aromatic nitrogens is 5. The van der Waals surface area contributed by atoms with Gasteiger partial charge < -0.3 is 9.84 Å².